The summed E-state index contributed by atoms with van der Waals surface area (Å²) in [6.45, 7) is 5.01. The smallest absolute Gasteiger partial charge is 0.230 e. The lowest BCUT2D eigenvalue weighted by atomic mass is 10.2. The normalized spacial score (nSPS) is 13.7. The number of aromatic nitrogens is 4. The molecule has 3 heterocycles. The molecule has 37 heavy (non-hydrogen) atoms. The fourth-order valence-corrected chi connectivity index (χ4v) is 4.15. The Labute approximate surface area is 212 Å². The second-order valence-electron chi connectivity index (χ2n) is 8.69. The van der Waals surface area contributed by atoms with Gasteiger partial charge in [0.1, 0.15) is 17.9 Å². The van der Waals surface area contributed by atoms with E-state index in [0.717, 1.165) is 48.6 Å². The molecule has 1 saturated heterocycles. The van der Waals surface area contributed by atoms with Crippen molar-refractivity contribution in [2.24, 2.45) is 0 Å². The van der Waals surface area contributed by atoms with Crippen LogP contribution in [0.2, 0.25) is 0 Å². The van der Waals surface area contributed by atoms with E-state index >= 15 is 0 Å². The summed E-state index contributed by atoms with van der Waals surface area (Å²) in [7, 11) is 0. The highest BCUT2D eigenvalue weighted by Gasteiger charge is 2.14. The van der Waals surface area contributed by atoms with E-state index in [1.807, 2.05) is 18.2 Å². The maximum Gasteiger partial charge on any atom is 0.230 e. The first-order chi connectivity index (χ1) is 18.0. The highest BCUT2D eigenvalue weighted by molar-refractivity contribution is 5.93. The third kappa shape index (κ3) is 6.18. The molecule has 4 aromatic rings. The molecule has 1 aliphatic rings. The summed E-state index contributed by atoms with van der Waals surface area (Å²) >= 11 is 0. The Bertz CT molecular complexity index is 1390. The largest absolute Gasteiger partial charge is 0.493 e. The third-order valence-electron chi connectivity index (χ3n) is 5.96. The van der Waals surface area contributed by atoms with E-state index in [4.69, 9.17) is 4.74 Å². The molecule has 3 N–H and O–H groups in total. The number of aromatic amines is 1. The summed E-state index contributed by atoms with van der Waals surface area (Å²) in [5.41, 5.74) is 0.983. The van der Waals surface area contributed by atoms with Crippen LogP contribution < -0.4 is 15.4 Å². The number of halogens is 2. The fraction of sp³-hybridized carbons (Fsp3) is 0.269. The Balaban J connectivity index is 1.18. The molecule has 0 unspecified atom stereocenters. The van der Waals surface area contributed by atoms with Crippen molar-refractivity contribution >= 4 is 34.1 Å². The van der Waals surface area contributed by atoms with Crippen molar-refractivity contribution in [3.63, 3.8) is 0 Å². The Morgan fingerprint density at radius 3 is 2.95 bits per heavy atom. The van der Waals surface area contributed by atoms with Crippen molar-refractivity contribution in [2.45, 2.75) is 25.7 Å². The number of carbonyl (C=O) groups is 1. The van der Waals surface area contributed by atoms with Crippen LogP contribution >= 0.6 is 0 Å². The van der Waals surface area contributed by atoms with Gasteiger partial charge in [-0.25, -0.2) is 18.7 Å². The molecule has 0 bridgehead atoms. The summed E-state index contributed by atoms with van der Waals surface area (Å²) in [4.78, 5) is 23.3. The lowest BCUT2D eigenvalue weighted by Gasteiger charge is -2.14. The van der Waals surface area contributed by atoms with Crippen LogP contribution in [0.1, 0.15) is 25.0 Å². The van der Waals surface area contributed by atoms with Crippen molar-refractivity contribution in [1.82, 2.24) is 25.1 Å². The highest BCUT2D eigenvalue weighted by atomic mass is 19.2. The molecule has 9 nitrogen and oxygen atoms in total. The number of H-pyrrole nitrogens is 1. The average molecular weight is 507 g/mol. The number of nitrogens with zero attached hydrogens (tertiary/aromatic N) is 4. The van der Waals surface area contributed by atoms with Crippen LogP contribution in [-0.4, -0.2) is 50.7 Å². The minimum Gasteiger partial charge on any atom is -0.493 e. The van der Waals surface area contributed by atoms with Gasteiger partial charge in [-0.15, -0.1) is 0 Å². The number of amides is 1. The SMILES string of the molecule is O=C(Cc1cc(Nc2ncnc3cc(OCCCN4[CH]CCC4)ccc23)n[nH]1)Nc1cccc(F)c1F. The molecule has 1 aliphatic heterocycles. The van der Waals surface area contributed by atoms with E-state index in [-0.39, 0.29) is 12.1 Å². The molecule has 0 spiro atoms. The molecular weight excluding hydrogens is 480 g/mol. The Morgan fingerprint density at radius 1 is 1.16 bits per heavy atom. The molecular formula is C26H26F2N7O2. The summed E-state index contributed by atoms with van der Waals surface area (Å²) in [5.74, 6) is -0.918. The number of ether oxygens (including phenoxy) is 1. The van der Waals surface area contributed by atoms with Gasteiger partial charge >= 0.3 is 0 Å². The maximum absolute atomic E-state index is 13.8. The first-order valence-corrected chi connectivity index (χ1v) is 12.1. The van der Waals surface area contributed by atoms with Crippen LogP contribution in [-0.2, 0) is 11.2 Å². The molecule has 1 amide bonds. The Hall–Kier alpha value is -4.12. The lowest BCUT2D eigenvalue weighted by Crippen LogP contribution is -2.18. The number of likely N-dealkylation sites (tertiary alicyclic amines) is 1. The molecule has 2 aromatic heterocycles. The van der Waals surface area contributed by atoms with E-state index < -0.39 is 17.5 Å². The second-order valence-corrected chi connectivity index (χ2v) is 8.69. The van der Waals surface area contributed by atoms with E-state index in [9.17, 15) is 13.6 Å². The zero-order valence-corrected chi connectivity index (χ0v) is 20.0. The predicted octanol–water partition coefficient (Wildman–Crippen LogP) is 4.58. The molecule has 1 fully saturated rings. The zero-order valence-electron chi connectivity index (χ0n) is 20.0. The van der Waals surface area contributed by atoms with Crippen molar-refractivity contribution < 1.29 is 18.3 Å². The van der Waals surface area contributed by atoms with E-state index in [0.29, 0.717) is 23.9 Å². The number of benzene rings is 2. The van der Waals surface area contributed by atoms with Gasteiger partial charge in [-0.1, -0.05) is 6.07 Å². The minimum absolute atomic E-state index is 0.106. The molecule has 2 aromatic carbocycles. The quantitative estimate of drug-likeness (QED) is 0.270. The lowest BCUT2D eigenvalue weighted by molar-refractivity contribution is -0.115. The number of carbonyl (C=O) groups excluding carboxylic acids is 1. The number of fused-ring (bicyclic) bond motifs is 1. The van der Waals surface area contributed by atoms with Crippen LogP contribution in [0.15, 0.2) is 48.8 Å². The molecule has 5 rings (SSSR count). The second kappa shape index (κ2) is 11.3. The molecule has 1 radical (unpaired) electrons. The van der Waals surface area contributed by atoms with Crippen molar-refractivity contribution in [3.8, 4) is 5.75 Å². The number of hydrogen-bond acceptors (Lipinski definition) is 7. The minimum atomic E-state index is -1.10. The van der Waals surface area contributed by atoms with E-state index in [1.54, 1.807) is 6.07 Å². The van der Waals surface area contributed by atoms with Crippen LogP contribution in [0.5, 0.6) is 5.75 Å². The molecule has 0 saturated carbocycles. The highest BCUT2D eigenvalue weighted by Crippen LogP contribution is 2.26. The Morgan fingerprint density at radius 2 is 2.08 bits per heavy atom. The summed E-state index contributed by atoms with van der Waals surface area (Å²) in [5, 5.41) is 13.2. The van der Waals surface area contributed by atoms with Gasteiger partial charge in [0, 0.05) is 36.3 Å². The maximum atomic E-state index is 13.8. The number of nitrogens with one attached hydrogen (secondary N) is 3. The number of hydrogen-bond donors (Lipinski definition) is 3. The van der Waals surface area contributed by atoms with Gasteiger partial charge in [0.15, 0.2) is 17.5 Å². The van der Waals surface area contributed by atoms with Gasteiger partial charge in [-0.05, 0) is 50.1 Å². The number of rotatable bonds is 10. The van der Waals surface area contributed by atoms with E-state index in [2.05, 4.69) is 42.2 Å². The summed E-state index contributed by atoms with van der Waals surface area (Å²) < 4.78 is 33.1. The first kappa shape index (κ1) is 24.6. The fourth-order valence-electron chi connectivity index (χ4n) is 4.15. The topological polar surface area (TPSA) is 108 Å². The zero-order chi connectivity index (χ0) is 25.6. The van der Waals surface area contributed by atoms with Gasteiger partial charge in [-0.3, -0.25) is 14.8 Å². The van der Waals surface area contributed by atoms with Crippen molar-refractivity contribution in [3.05, 3.63) is 72.7 Å². The molecule has 191 valence electrons. The standard InChI is InChI=1S/C26H26F2N7O2/c27-20-5-3-6-21(25(20)28)31-24(36)14-17-13-23(34-33-17)32-26-19-8-7-18(15-22(19)29-16-30-26)37-12-4-11-35-9-1-2-10-35/h3,5-9,13,15-16H,1-2,4,10-12,14H2,(H,31,36)(H2,29,30,32,33,34). The first-order valence-electron chi connectivity index (χ1n) is 12.1. The van der Waals surface area contributed by atoms with Crippen molar-refractivity contribution in [1.29, 1.82) is 0 Å². The molecule has 0 atom stereocenters. The molecule has 11 heteroatoms. The monoisotopic (exact) mass is 506 g/mol. The van der Waals surface area contributed by atoms with Crippen LogP contribution in [0.4, 0.5) is 26.1 Å². The van der Waals surface area contributed by atoms with Crippen LogP contribution in [0, 0.1) is 18.2 Å². The third-order valence-corrected chi connectivity index (χ3v) is 5.96. The van der Waals surface area contributed by atoms with Gasteiger partial charge in [0.25, 0.3) is 0 Å². The molecule has 0 aliphatic carbocycles. The van der Waals surface area contributed by atoms with Gasteiger partial charge < -0.3 is 15.4 Å². The number of anilines is 3. The van der Waals surface area contributed by atoms with Gasteiger partial charge in [-0.2, -0.15) is 5.10 Å². The Kier molecular flexibility index (Phi) is 7.50. The summed E-state index contributed by atoms with van der Waals surface area (Å²) in [6.07, 6.45) is 4.68. The van der Waals surface area contributed by atoms with Crippen LogP contribution in [0.25, 0.3) is 10.9 Å². The summed E-state index contributed by atoms with van der Waals surface area (Å²) in [6, 6.07) is 10.9. The van der Waals surface area contributed by atoms with Crippen LogP contribution in [0.3, 0.4) is 0 Å². The average Bonchev–Trinajstić information content (AvgIpc) is 3.57. The van der Waals surface area contributed by atoms with Gasteiger partial charge in [0.2, 0.25) is 5.91 Å². The van der Waals surface area contributed by atoms with Crippen molar-refractivity contribution in [2.75, 3.05) is 30.3 Å². The van der Waals surface area contributed by atoms with Gasteiger partial charge in [0.05, 0.1) is 24.2 Å². The van der Waals surface area contributed by atoms with E-state index in [1.165, 1.54) is 24.9 Å². The predicted molar refractivity (Wildman–Crippen MR) is 135 cm³/mol.